The Kier molecular flexibility index (Phi) is 6.63. The van der Waals surface area contributed by atoms with E-state index in [1.54, 1.807) is 60.9 Å². The van der Waals surface area contributed by atoms with Gasteiger partial charge in [-0.3, -0.25) is 14.6 Å². The molecule has 2 N–H and O–H groups in total. The Balaban J connectivity index is 1.75. The molecule has 0 aliphatic carbocycles. The average Bonchev–Trinajstić information content (AvgIpc) is 3.08. The van der Waals surface area contributed by atoms with E-state index < -0.39 is 17.7 Å². The fourth-order valence-corrected chi connectivity index (χ4v) is 3.86. The van der Waals surface area contributed by atoms with Crippen molar-refractivity contribution in [1.29, 1.82) is 0 Å². The molecule has 2 heterocycles. The van der Waals surface area contributed by atoms with Crippen molar-refractivity contribution in [2.45, 2.75) is 26.4 Å². The van der Waals surface area contributed by atoms with Gasteiger partial charge in [-0.2, -0.15) is 0 Å². The standard InChI is InChI=1S/C27H26N2O5/c1-17(2)16-34-22-9-5-20(6-10-22)25(31)23-24(19-3-7-21(30)8-4-19)29(27(33)26(23)32)15-18-11-13-28-14-12-18/h3-14,17,24,30-31H,15-16H2,1-2H3/b25-23+. The number of hydrogen-bond acceptors (Lipinski definition) is 6. The van der Waals surface area contributed by atoms with E-state index in [1.807, 2.05) is 0 Å². The molecule has 4 rings (SSSR count). The lowest BCUT2D eigenvalue weighted by molar-refractivity contribution is -0.140. The third-order valence-corrected chi connectivity index (χ3v) is 5.56. The molecule has 7 heteroatoms. The number of hydrogen-bond donors (Lipinski definition) is 2. The van der Waals surface area contributed by atoms with Crippen molar-refractivity contribution in [2.24, 2.45) is 5.92 Å². The highest BCUT2D eigenvalue weighted by Gasteiger charge is 2.46. The van der Waals surface area contributed by atoms with Crippen LogP contribution in [0.5, 0.6) is 11.5 Å². The number of pyridine rings is 1. The largest absolute Gasteiger partial charge is 0.508 e. The van der Waals surface area contributed by atoms with Crippen LogP contribution in [0.25, 0.3) is 5.76 Å². The number of carbonyl (C=O) groups is 2. The van der Waals surface area contributed by atoms with Crippen LogP contribution in [0, 0.1) is 5.92 Å². The molecule has 1 atom stereocenters. The lowest BCUT2D eigenvalue weighted by Crippen LogP contribution is -2.29. The first-order chi connectivity index (χ1) is 16.3. The Morgan fingerprint density at radius 2 is 1.65 bits per heavy atom. The van der Waals surface area contributed by atoms with Gasteiger partial charge in [0.25, 0.3) is 11.7 Å². The van der Waals surface area contributed by atoms with Gasteiger partial charge in [0.15, 0.2) is 0 Å². The van der Waals surface area contributed by atoms with Gasteiger partial charge in [-0.15, -0.1) is 0 Å². The molecule has 1 aliphatic heterocycles. The number of nitrogens with zero attached hydrogens (tertiary/aromatic N) is 2. The van der Waals surface area contributed by atoms with Crippen LogP contribution in [0.1, 0.15) is 36.6 Å². The van der Waals surface area contributed by atoms with Crippen molar-refractivity contribution >= 4 is 17.4 Å². The Morgan fingerprint density at radius 3 is 2.26 bits per heavy atom. The third-order valence-electron chi connectivity index (χ3n) is 5.56. The minimum atomic E-state index is -0.814. The minimum absolute atomic E-state index is 0.000551. The number of Topliss-reactive ketones (excluding diaryl/α,β-unsaturated/α-hetero) is 1. The maximum atomic E-state index is 13.1. The predicted molar refractivity (Wildman–Crippen MR) is 127 cm³/mol. The Morgan fingerprint density at radius 1 is 1.00 bits per heavy atom. The summed E-state index contributed by atoms with van der Waals surface area (Å²) in [4.78, 5) is 31.6. The topological polar surface area (TPSA) is 100.0 Å². The number of amides is 1. The van der Waals surface area contributed by atoms with Crippen LogP contribution in [-0.4, -0.2) is 38.4 Å². The van der Waals surface area contributed by atoms with Crippen molar-refractivity contribution in [3.63, 3.8) is 0 Å². The Bertz CT molecular complexity index is 1200. The van der Waals surface area contributed by atoms with Gasteiger partial charge in [0.1, 0.15) is 17.3 Å². The number of aliphatic hydroxyl groups excluding tert-OH is 1. The number of aromatic nitrogens is 1. The van der Waals surface area contributed by atoms with Crippen molar-refractivity contribution in [3.05, 3.63) is 95.3 Å². The fraction of sp³-hybridized carbons (Fsp3) is 0.222. The molecule has 1 unspecified atom stereocenters. The molecule has 0 spiro atoms. The number of likely N-dealkylation sites (tertiary alicyclic amines) is 1. The molecule has 7 nitrogen and oxygen atoms in total. The predicted octanol–water partition coefficient (Wildman–Crippen LogP) is 4.44. The van der Waals surface area contributed by atoms with E-state index in [9.17, 15) is 19.8 Å². The summed E-state index contributed by atoms with van der Waals surface area (Å²) >= 11 is 0. The lowest BCUT2D eigenvalue weighted by Gasteiger charge is -2.25. The number of phenolic OH excluding ortho intramolecular Hbond substituents is 1. The summed E-state index contributed by atoms with van der Waals surface area (Å²) in [5, 5.41) is 20.9. The average molecular weight is 459 g/mol. The number of aromatic hydroxyl groups is 1. The number of phenols is 1. The second kappa shape index (κ2) is 9.79. The van der Waals surface area contributed by atoms with Crippen LogP contribution in [-0.2, 0) is 16.1 Å². The first kappa shape index (κ1) is 23.0. The van der Waals surface area contributed by atoms with Gasteiger partial charge < -0.3 is 19.8 Å². The molecule has 1 fully saturated rings. The monoisotopic (exact) mass is 458 g/mol. The highest BCUT2D eigenvalue weighted by atomic mass is 16.5. The molecule has 0 saturated carbocycles. The van der Waals surface area contributed by atoms with Crippen LogP contribution >= 0.6 is 0 Å². The molecule has 1 saturated heterocycles. The third kappa shape index (κ3) is 4.78. The van der Waals surface area contributed by atoms with E-state index in [-0.39, 0.29) is 23.6 Å². The van der Waals surface area contributed by atoms with Crippen LogP contribution in [0.15, 0.2) is 78.6 Å². The summed E-state index contributed by atoms with van der Waals surface area (Å²) in [6.45, 7) is 4.83. The van der Waals surface area contributed by atoms with Crippen LogP contribution < -0.4 is 4.74 Å². The number of rotatable bonds is 7. The molecule has 0 bridgehead atoms. The number of carbonyl (C=O) groups excluding carboxylic acids is 2. The first-order valence-electron chi connectivity index (χ1n) is 11.0. The Labute approximate surface area is 198 Å². The molecule has 3 aromatic rings. The number of aliphatic hydroxyl groups is 1. The summed E-state index contributed by atoms with van der Waals surface area (Å²) in [6.07, 6.45) is 3.23. The van der Waals surface area contributed by atoms with E-state index in [4.69, 9.17) is 4.74 Å². The van der Waals surface area contributed by atoms with Crippen LogP contribution in [0.3, 0.4) is 0 Å². The molecule has 174 valence electrons. The van der Waals surface area contributed by atoms with Gasteiger partial charge in [0, 0.05) is 24.5 Å². The molecule has 1 amide bonds. The quantitative estimate of drug-likeness (QED) is 0.308. The normalized spacial score (nSPS) is 17.4. The van der Waals surface area contributed by atoms with Gasteiger partial charge >= 0.3 is 0 Å². The van der Waals surface area contributed by atoms with E-state index in [0.717, 1.165) is 5.56 Å². The van der Waals surface area contributed by atoms with Crippen molar-refractivity contribution < 1.29 is 24.5 Å². The summed E-state index contributed by atoms with van der Waals surface area (Å²) in [6, 6.07) is 15.7. The maximum absolute atomic E-state index is 13.1. The summed E-state index contributed by atoms with van der Waals surface area (Å²) in [7, 11) is 0. The molecular weight excluding hydrogens is 432 g/mol. The second-order valence-corrected chi connectivity index (χ2v) is 8.60. The molecule has 2 aromatic carbocycles. The fourth-order valence-electron chi connectivity index (χ4n) is 3.86. The van der Waals surface area contributed by atoms with Gasteiger partial charge in [-0.05, 0) is 65.6 Å². The van der Waals surface area contributed by atoms with Gasteiger partial charge in [-0.25, -0.2) is 0 Å². The van der Waals surface area contributed by atoms with Gasteiger partial charge in [0.05, 0.1) is 18.2 Å². The molecule has 1 aliphatic rings. The van der Waals surface area contributed by atoms with Crippen molar-refractivity contribution in [3.8, 4) is 11.5 Å². The number of ether oxygens (including phenoxy) is 1. The van der Waals surface area contributed by atoms with Gasteiger partial charge in [-0.1, -0.05) is 26.0 Å². The SMILES string of the molecule is CC(C)COc1ccc(/C(O)=C2\C(=O)C(=O)N(Cc3ccncc3)C2c2ccc(O)cc2)cc1. The lowest BCUT2D eigenvalue weighted by atomic mass is 9.95. The van der Waals surface area contributed by atoms with Crippen molar-refractivity contribution in [2.75, 3.05) is 6.61 Å². The highest BCUT2D eigenvalue weighted by molar-refractivity contribution is 6.46. The smallest absolute Gasteiger partial charge is 0.295 e. The minimum Gasteiger partial charge on any atom is -0.508 e. The van der Waals surface area contributed by atoms with E-state index in [2.05, 4.69) is 18.8 Å². The van der Waals surface area contributed by atoms with Crippen molar-refractivity contribution in [1.82, 2.24) is 9.88 Å². The molecule has 0 radical (unpaired) electrons. The van der Waals surface area contributed by atoms with E-state index in [1.165, 1.54) is 17.0 Å². The molecular formula is C27H26N2O5. The van der Waals surface area contributed by atoms with Gasteiger partial charge in [0.2, 0.25) is 0 Å². The van der Waals surface area contributed by atoms with Crippen LogP contribution in [0.2, 0.25) is 0 Å². The maximum Gasteiger partial charge on any atom is 0.295 e. The second-order valence-electron chi connectivity index (χ2n) is 8.60. The summed E-state index contributed by atoms with van der Waals surface area (Å²) in [5.74, 6) is -0.637. The Hall–Kier alpha value is -4.13. The molecule has 1 aromatic heterocycles. The summed E-state index contributed by atoms with van der Waals surface area (Å²) in [5.41, 5.74) is 1.81. The van der Waals surface area contributed by atoms with E-state index >= 15 is 0 Å². The first-order valence-corrected chi connectivity index (χ1v) is 11.0. The zero-order valence-corrected chi connectivity index (χ0v) is 19.0. The highest BCUT2D eigenvalue weighted by Crippen LogP contribution is 2.40. The molecule has 34 heavy (non-hydrogen) atoms. The zero-order valence-electron chi connectivity index (χ0n) is 19.0. The van der Waals surface area contributed by atoms with Crippen LogP contribution in [0.4, 0.5) is 0 Å². The number of ketones is 1. The number of benzene rings is 2. The zero-order chi connectivity index (χ0) is 24.2. The van der Waals surface area contributed by atoms with E-state index in [0.29, 0.717) is 29.4 Å². The summed E-state index contributed by atoms with van der Waals surface area (Å²) < 4.78 is 5.70.